The third-order valence-electron chi connectivity index (χ3n) is 4.32. The van der Waals surface area contributed by atoms with E-state index >= 15 is 0 Å². The average molecular weight is 447 g/mol. The van der Waals surface area contributed by atoms with Crippen LogP contribution in [0.15, 0.2) is 49.3 Å². The lowest BCUT2D eigenvalue weighted by Crippen LogP contribution is -2.50. The molecule has 0 radical (unpaired) electrons. The number of hydrogen-bond acceptors (Lipinski definition) is 6. The van der Waals surface area contributed by atoms with Gasteiger partial charge in [-0.3, -0.25) is 10.1 Å². The van der Waals surface area contributed by atoms with Crippen LogP contribution in [0.1, 0.15) is 37.5 Å². The molecule has 1 aromatic heterocycles. The Bertz CT molecular complexity index is 1050. The van der Waals surface area contributed by atoms with Crippen molar-refractivity contribution in [3.05, 3.63) is 56.9 Å². The first-order valence-corrected chi connectivity index (χ1v) is 10.6. The van der Waals surface area contributed by atoms with Gasteiger partial charge in [-0.1, -0.05) is 41.0 Å². The molecule has 3 heterocycles. The Morgan fingerprint density at radius 3 is 2.93 bits per heavy atom. The molecule has 1 atom stereocenters. The Kier molecular flexibility index (Phi) is 5.10. The first-order chi connectivity index (χ1) is 13.1. The fourth-order valence-corrected chi connectivity index (χ4v) is 4.31. The lowest BCUT2D eigenvalue weighted by molar-refractivity contribution is -0.116. The molecule has 0 fully saturated rings. The summed E-state index contributed by atoms with van der Waals surface area (Å²) in [6.07, 6.45) is 1.66. The highest BCUT2D eigenvalue weighted by Gasteiger charge is 2.35. The zero-order valence-electron chi connectivity index (χ0n) is 15.0. The maximum absolute atomic E-state index is 13.0. The largest absolute Gasteiger partial charge is 0.462 e. The predicted molar refractivity (Wildman–Crippen MR) is 109 cm³/mol. The molecule has 0 saturated heterocycles. The molecule has 0 saturated carbocycles. The number of amides is 1. The van der Waals surface area contributed by atoms with Crippen LogP contribution in [0.25, 0.3) is 5.70 Å². The number of furan rings is 1. The second-order valence-electron chi connectivity index (χ2n) is 6.37. The molecule has 1 N–H and O–H groups in total. The van der Waals surface area contributed by atoms with E-state index in [1.54, 1.807) is 16.8 Å². The third kappa shape index (κ3) is 3.55. The summed E-state index contributed by atoms with van der Waals surface area (Å²) in [6, 6.07) is 9.49. The molecule has 0 aliphatic carbocycles. The number of fused-ring (bicyclic) bond motifs is 2. The summed E-state index contributed by atoms with van der Waals surface area (Å²) in [5.41, 5.74) is 0.486. The summed E-state index contributed by atoms with van der Waals surface area (Å²) in [7, 11) is 0. The summed E-state index contributed by atoms with van der Waals surface area (Å²) >= 11 is 5.03. The van der Waals surface area contributed by atoms with Crippen LogP contribution in [0.2, 0.25) is 0 Å². The van der Waals surface area contributed by atoms with Gasteiger partial charge in [-0.2, -0.15) is 0 Å². The number of aryl methyl sites for hydroxylation is 1. The Hall–Kier alpha value is -2.06. The first-order valence-electron chi connectivity index (χ1n) is 8.83. The van der Waals surface area contributed by atoms with E-state index in [1.165, 1.54) is 0 Å². The van der Waals surface area contributed by atoms with Crippen molar-refractivity contribution in [1.29, 1.82) is 0 Å². The second kappa shape index (κ2) is 7.52. The molecular formula is C19H19BrN4O2S. The van der Waals surface area contributed by atoms with E-state index in [4.69, 9.17) is 14.5 Å². The molecule has 0 spiro atoms. The number of hydrogen-bond donors (Lipinski definition) is 1. The van der Waals surface area contributed by atoms with Gasteiger partial charge in [0.15, 0.2) is 10.9 Å². The van der Waals surface area contributed by atoms with Gasteiger partial charge >= 0.3 is 0 Å². The molecule has 6 nitrogen and oxygen atoms in total. The van der Waals surface area contributed by atoms with Crippen molar-refractivity contribution in [3.8, 4) is 0 Å². The monoisotopic (exact) mass is 446 g/mol. The SMILES string of the molecule is CCCCSC1=NN2C(=c3cc(Br)ccc3=NC2c2ccc(C)o2)C(=O)N1. The molecule has 1 unspecified atom stereocenters. The molecule has 4 rings (SSSR count). The Morgan fingerprint density at radius 1 is 1.33 bits per heavy atom. The molecule has 1 amide bonds. The first kappa shape index (κ1) is 18.3. The van der Waals surface area contributed by atoms with Crippen molar-refractivity contribution in [1.82, 2.24) is 10.3 Å². The average Bonchev–Trinajstić information content (AvgIpc) is 3.07. The zero-order chi connectivity index (χ0) is 19.0. The van der Waals surface area contributed by atoms with E-state index in [1.807, 2.05) is 37.3 Å². The lowest BCUT2D eigenvalue weighted by Gasteiger charge is -2.32. The molecular weight excluding hydrogens is 428 g/mol. The standard InChI is InChI=1S/C19H19BrN4O2S/c1-3-4-9-27-19-22-18(25)16-13-10-12(20)6-7-14(13)21-17(24(16)23-19)15-8-5-11(2)26-15/h5-8,10,17H,3-4,9H2,1-2H3,(H,22,23,25). The molecule has 0 bridgehead atoms. The highest BCUT2D eigenvalue weighted by molar-refractivity contribution is 9.10. The number of benzene rings is 1. The number of thioether (sulfide) groups is 1. The number of nitrogens with zero attached hydrogens (tertiary/aromatic N) is 3. The highest BCUT2D eigenvalue weighted by Crippen LogP contribution is 2.31. The minimum Gasteiger partial charge on any atom is -0.462 e. The van der Waals surface area contributed by atoms with Gasteiger partial charge < -0.3 is 4.42 Å². The van der Waals surface area contributed by atoms with Gasteiger partial charge in [0.25, 0.3) is 5.91 Å². The third-order valence-corrected chi connectivity index (χ3v) is 5.77. The molecule has 27 heavy (non-hydrogen) atoms. The summed E-state index contributed by atoms with van der Waals surface area (Å²) in [6.45, 7) is 4.03. The van der Waals surface area contributed by atoms with Crippen molar-refractivity contribution in [2.75, 3.05) is 5.75 Å². The Morgan fingerprint density at radius 2 is 2.19 bits per heavy atom. The molecule has 2 aromatic rings. The van der Waals surface area contributed by atoms with Gasteiger partial charge in [0.2, 0.25) is 6.17 Å². The van der Waals surface area contributed by atoms with Gasteiger partial charge in [-0.05, 0) is 43.7 Å². The minimum absolute atomic E-state index is 0.175. The summed E-state index contributed by atoms with van der Waals surface area (Å²) in [4.78, 5) is 17.8. The number of carbonyl (C=O) groups excluding carboxylic acids is 1. The van der Waals surface area contributed by atoms with E-state index in [2.05, 4.69) is 28.2 Å². The molecule has 2 aliphatic heterocycles. The van der Waals surface area contributed by atoms with Crippen LogP contribution in [0.3, 0.4) is 0 Å². The topological polar surface area (TPSA) is 70.2 Å². The predicted octanol–water partition coefficient (Wildman–Crippen LogP) is 3.03. The molecule has 8 heteroatoms. The normalized spacial score (nSPS) is 18.4. The number of nitrogens with one attached hydrogen (secondary N) is 1. The van der Waals surface area contributed by atoms with Crippen LogP contribution in [0.4, 0.5) is 0 Å². The van der Waals surface area contributed by atoms with Gasteiger partial charge in [-0.15, -0.1) is 5.10 Å². The number of carbonyl (C=O) groups is 1. The van der Waals surface area contributed by atoms with E-state index in [0.29, 0.717) is 16.6 Å². The molecule has 140 valence electrons. The fraction of sp³-hybridized carbons (Fsp3) is 0.316. The second-order valence-corrected chi connectivity index (χ2v) is 8.37. The van der Waals surface area contributed by atoms with Crippen molar-refractivity contribution in [2.45, 2.75) is 32.9 Å². The molecule has 2 aliphatic rings. The smallest absolute Gasteiger partial charge is 0.276 e. The number of amidine groups is 1. The quantitative estimate of drug-likeness (QED) is 0.732. The van der Waals surface area contributed by atoms with Crippen LogP contribution in [-0.2, 0) is 4.79 Å². The lowest BCUT2D eigenvalue weighted by atomic mass is 10.1. The van der Waals surface area contributed by atoms with Crippen molar-refractivity contribution < 1.29 is 9.21 Å². The van der Waals surface area contributed by atoms with Crippen molar-refractivity contribution in [2.24, 2.45) is 10.1 Å². The Labute approximate surface area is 169 Å². The van der Waals surface area contributed by atoms with Crippen LogP contribution < -0.4 is 15.9 Å². The van der Waals surface area contributed by atoms with E-state index < -0.39 is 6.17 Å². The molecule has 1 aromatic carbocycles. The van der Waals surface area contributed by atoms with Crippen molar-refractivity contribution >= 4 is 44.5 Å². The summed E-state index contributed by atoms with van der Waals surface area (Å²) in [5.74, 6) is 2.19. The number of rotatable bonds is 4. The maximum atomic E-state index is 13.0. The van der Waals surface area contributed by atoms with E-state index in [9.17, 15) is 4.79 Å². The van der Waals surface area contributed by atoms with Gasteiger partial charge in [0.1, 0.15) is 11.5 Å². The van der Waals surface area contributed by atoms with Crippen LogP contribution >= 0.6 is 27.7 Å². The van der Waals surface area contributed by atoms with E-state index in [-0.39, 0.29) is 5.91 Å². The van der Waals surface area contributed by atoms with Gasteiger partial charge in [0, 0.05) is 15.4 Å². The minimum atomic E-state index is -0.504. The number of hydrazone groups is 1. The van der Waals surface area contributed by atoms with E-state index in [0.717, 1.165) is 39.4 Å². The summed E-state index contributed by atoms with van der Waals surface area (Å²) < 4.78 is 6.70. The van der Waals surface area contributed by atoms with Gasteiger partial charge in [-0.25, -0.2) is 10.0 Å². The fourth-order valence-electron chi connectivity index (χ4n) is 3.01. The Balaban J connectivity index is 1.85. The highest BCUT2D eigenvalue weighted by atomic mass is 79.9. The zero-order valence-corrected chi connectivity index (χ0v) is 17.4. The maximum Gasteiger partial charge on any atom is 0.276 e. The van der Waals surface area contributed by atoms with Crippen LogP contribution in [-0.4, -0.2) is 21.8 Å². The van der Waals surface area contributed by atoms with Gasteiger partial charge in [0.05, 0.1) is 5.36 Å². The summed E-state index contributed by atoms with van der Waals surface area (Å²) in [5, 5.41) is 11.4. The van der Waals surface area contributed by atoms with Crippen LogP contribution in [0.5, 0.6) is 0 Å². The van der Waals surface area contributed by atoms with Crippen molar-refractivity contribution in [3.63, 3.8) is 0 Å². The number of halogens is 1. The van der Waals surface area contributed by atoms with Crippen LogP contribution in [0, 0.1) is 6.92 Å². The number of unbranched alkanes of at least 4 members (excludes halogenated alkanes) is 1.